The van der Waals surface area contributed by atoms with Crippen LogP contribution in [0.4, 0.5) is 11.4 Å². The van der Waals surface area contributed by atoms with Crippen molar-refractivity contribution in [2.75, 3.05) is 23.7 Å². The van der Waals surface area contributed by atoms with Gasteiger partial charge in [0.25, 0.3) is 0 Å². The lowest BCUT2D eigenvalue weighted by Crippen LogP contribution is -2.29. The van der Waals surface area contributed by atoms with E-state index >= 15 is 0 Å². The Kier molecular flexibility index (Phi) is 3.19. The van der Waals surface area contributed by atoms with Crippen LogP contribution < -0.4 is 10.6 Å². The zero-order valence-corrected chi connectivity index (χ0v) is 10.7. The molecule has 2 N–H and O–H groups in total. The van der Waals surface area contributed by atoms with Gasteiger partial charge in [0.05, 0.1) is 5.69 Å². The summed E-state index contributed by atoms with van der Waals surface area (Å²) in [4.78, 5) is 2.44. The van der Waals surface area contributed by atoms with Crippen LogP contribution in [0.2, 0.25) is 0 Å². The van der Waals surface area contributed by atoms with Gasteiger partial charge in [-0.15, -0.1) is 0 Å². The minimum atomic E-state index is 0.864. The summed E-state index contributed by atoms with van der Waals surface area (Å²) in [7, 11) is 0. The first kappa shape index (κ1) is 10.8. The first-order chi connectivity index (χ1) is 7.18. The average molecular weight is 269 g/mol. The monoisotopic (exact) mass is 268 g/mol. The second kappa shape index (κ2) is 4.44. The molecule has 1 aliphatic rings. The molecule has 1 aliphatic heterocycles. The number of nitrogens with zero attached hydrogens (tertiary/aromatic N) is 1. The first-order valence-electron chi connectivity index (χ1n) is 5.49. The topological polar surface area (TPSA) is 29.3 Å². The molecule has 0 aromatic heterocycles. The lowest BCUT2D eigenvalue weighted by molar-refractivity contribution is 0.577. The van der Waals surface area contributed by atoms with E-state index in [0.29, 0.717) is 0 Å². The van der Waals surface area contributed by atoms with Crippen molar-refractivity contribution < 1.29 is 0 Å². The molecule has 0 aliphatic carbocycles. The van der Waals surface area contributed by atoms with Crippen molar-refractivity contribution in [1.29, 1.82) is 0 Å². The fourth-order valence-corrected chi connectivity index (χ4v) is 2.67. The molecular formula is C12H17BrN2. The molecule has 15 heavy (non-hydrogen) atoms. The smallest absolute Gasteiger partial charge is 0.0514 e. The Bertz CT molecular complexity index is 357. The van der Waals surface area contributed by atoms with E-state index in [2.05, 4.69) is 33.8 Å². The average Bonchev–Trinajstić information content (AvgIpc) is 2.25. The molecule has 0 atom stereocenters. The number of hydrogen-bond donors (Lipinski definition) is 1. The lowest BCUT2D eigenvalue weighted by atomic mass is 10.1. The Hall–Kier alpha value is -0.700. The van der Waals surface area contributed by atoms with Crippen molar-refractivity contribution in [3.8, 4) is 0 Å². The number of anilines is 2. The Labute approximate surface area is 99.6 Å². The van der Waals surface area contributed by atoms with Crippen LogP contribution in [0.15, 0.2) is 16.6 Å². The summed E-state index contributed by atoms with van der Waals surface area (Å²) in [6.45, 7) is 4.40. The van der Waals surface area contributed by atoms with Crippen LogP contribution >= 0.6 is 15.9 Å². The Morgan fingerprint density at radius 1 is 1.20 bits per heavy atom. The first-order valence-corrected chi connectivity index (χ1v) is 6.28. The van der Waals surface area contributed by atoms with E-state index in [1.54, 1.807) is 0 Å². The molecule has 0 saturated carbocycles. The fourth-order valence-electron chi connectivity index (χ4n) is 2.06. The summed E-state index contributed by atoms with van der Waals surface area (Å²) >= 11 is 3.60. The van der Waals surface area contributed by atoms with E-state index in [-0.39, 0.29) is 0 Å². The molecule has 0 radical (unpaired) electrons. The molecule has 1 heterocycles. The summed E-state index contributed by atoms with van der Waals surface area (Å²) in [5, 5.41) is 0. The SMILES string of the molecule is Cc1cc(N2CCCCC2)c(Br)cc1N. The summed E-state index contributed by atoms with van der Waals surface area (Å²) in [6, 6.07) is 4.20. The van der Waals surface area contributed by atoms with Crippen LogP contribution in [-0.4, -0.2) is 13.1 Å². The lowest BCUT2D eigenvalue weighted by Gasteiger charge is -2.30. The molecule has 2 rings (SSSR count). The van der Waals surface area contributed by atoms with Crippen LogP contribution in [0.5, 0.6) is 0 Å². The van der Waals surface area contributed by atoms with Gasteiger partial charge in [-0.2, -0.15) is 0 Å². The summed E-state index contributed by atoms with van der Waals surface area (Å²) in [5.41, 5.74) is 9.19. The summed E-state index contributed by atoms with van der Waals surface area (Å²) in [5.74, 6) is 0. The molecule has 1 aromatic rings. The largest absolute Gasteiger partial charge is 0.398 e. The molecule has 0 spiro atoms. The van der Waals surface area contributed by atoms with E-state index in [9.17, 15) is 0 Å². The van der Waals surface area contributed by atoms with E-state index in [1.807, 2.05) is 6.07 Å². The molecule has 82 valence electrons. The van der Waals surface area contributed by atoms with E-state index in [0.717, 1.165) is 10.2 Å². The highest BCUT2D eigenvalue weighted by Gasteiger charge is 2.14. The van der Waals surface area contributed by atoms with Crippen molar-refractivity contribution in [2.45, 2.75) is 26.2 Å². The molecule has 3 heteroatoms. The third kappa shape index (κ3) is 2.28. The number of halogens is 1. The second-order valence-electron chi connectivity index (χ2n) is 4.21. The molecule has 1 aromatic carbocycles. The summed E-state index contributed by atoms with van der Waals surface area (Å²) < 4.78 is 1.12. The van der Waals surface area contributed by atoms with Crippen LogP contribution in [0.1, 0.15) is 24.8 Å². The predicted molar refractivity (Wildman–Crippen MR) is 69.4 cm³/mol. The fraction of sp³-hybridized carbons (Fsp3) is 0.500. The molecule has 1 fully saturated rings. The molecular weight excluding hydrogens is 252 g/mol. The van der Waals surface area contributed by atoms with Gasteiger partial charge in [-0.3, -0.25) is 0 Å². The number of nitrogens with two attached hydrogens (primary N) is 1. The van der Waals surface area contributed by atoms with Crippen molar-refractivity contribution in [3.63, 3.8) is 0 Å². The maximum Gasteiger partial charge on any atom is 0.0514 e. The molecule has 0 amide bonds. The molecule has 2 nitrogen and oxygen atoms in total. The number of rotatable bonds is 1. The number of hydrogen-bond acceptors (Lipinski definition) is 2. The van der Waals surface area contributed by atoms with Gasteiger partial charge in [0.2, 0.25) is 0 Å². The van der Waals surface area contributed by atoms with Gasteiger partial charge in [-0.1, -0.05) is 0 Å². The van der Waals surface area contributed by atoms with Crippen molar-refractivity contribution >= 4 is 27.3 Å². The number of piperidine rings is 1. The molecule has 0 unspecified atom stereocenters. The molecule has 1 saturated heterocycles. The van der Waals surface area contributed by atoms with Crippen molar-refractivity contribution in [2.24, 2.45) is 0 Å². The zero-order chi connectivity index (χ0) is 10.8. The number of benzene rings is 1. The van der Waals surface area contributed by atoms with Gasteiger partial charge in [-0.25, -0.2) is 0 Å². The van der Waals surface area contributed by atoms with Gasteiger partial charge in [0.15, 0.2) is 0 Å². The zero-order valence-electron chi connectivity index (χ0n) is 9.09. The summed E-state index contributed by atoms with van der Waals surface area (Å²) in [6.07, 6.45) is 3.97. The highest BCUT2D eigenvalue weighted by molar-refractivity contribution is 9.10. The van der Waals surface area contributed by atoms with Crippen LogP contribution in [-0.2, 0) is 0 Å². The van der Waals surface area contributed by atoms with Gasteiger partial charge >= 0.3 is 0 Å². The third-order valence-electron chi connectivity index (χ3n) is 3.03. The van der Waals surface area contributed by atoms with Gasteiger partial charge in [0, 0.05) is 23.2 Å². The van der Waals surface area contributed by atoms with E-state index in [4.69, 9.17) is 5.73 Å². The van der Waals surface area contributed by atoms with Crippen molar-refractivity contribution in [3.05, 3.63) is 22.2 Å². The van der Waals surface area contributed by atoms with Crippen LogP contribution in [0, 0.1) is 6.92 Å². The Morgan fingerprint density at radius 3 is 2.53 bits per heavy atom. The maximum atomic E-state index is 5.87. The van der Waals surface area contributed by atoms with Crippen LogP contribution in [0.25, 0.3) is 0 Å². The number of nitrogen functional groups attached to an aromatic ring is 1. The maximum absolute atomic E-state index is 5.87. The second-order valence-corrected chi connectivity index (χ2v) is 5.06. The van der Waals surface area contributed by atoms with E-state index in [1.165, 1.54) is 43.6 Å². The van der Waals surface area contributed by atoms with Crippen LogP contribution in [0.3, 0.4) is 0 Å². The van der Waals surface area contributed by atoms with Crippen molar-refractivity contribution in [1.82, 2.24) is 0 Å². The highest BCUT2D eigenvalue weighted by atomic mass is 79.9. The standard InChI is InChI=1S/C12H17BrN2/c1-9-7-12(10(13)8-11(9)14)15-5-3-2-4-6-15/h7-8H,2-6,14H2,1H3. The predicted octanol–water partition coefficient (Wildman–Crippen LogP) is 3.33. The van der Waals surface area contributed by atoms with Gasteiger partial charge in [-0.05, 0) is 59.8 Å². The quantitative estimate of drug-likeness (QED) is 0.792. The van der Waals surface area contributed by atoms with E-state index < -0.39 is 0 Å². The third-order valence-corrected chi connectivity index (χ3v) is 3.67. The van der Waals surface area contributed by atoms with Gasteiger partial charge in [0.1, 0.15) is 0 Å². The minimum Gasteiger partial charge on any atom is -0.398 e. The normalized spacial score (nSPS) is 16.8. The van der Waals surface area contributed by atoms with Gasteiger partial charge < -0.3 is 10.6 Å². The minimum absolute atomic E-state index is 0.864. The highest BCUT2D eigenvalue weighted by Crippen LogP contribution is 2.32. The Balaban J connectivity index is 2.30. The Morgan fingerprint density at radius 2 is 1.87 bits per heavy atom. The molecule has 0 bridgehead atoms. The number of aryl methyl sites for hydroxylation is 1.